The van der Waals surface area contributed by atoms with Crippen molar-refractivity contribution in [3.05, 3.63) is 57.5 Å². The summed E-state index contributed by atoms with van der Waals surface area (Å²) in [4.78, 5) is 11.8. The SMILES string of the molecule is O=C(CNS(=O)(=O)c1ccc(Br)cc1)Nc1cc(C(F)(F)F)ccc1Cl. The molecule has 0 radical (unpaired) electrons. The van der Waals surface area contributed by atoms with Crippen molar-refractivity contribution in [1.82, 2.24) is 4.72 Å². The summed E-state index contributed by atoms with van der Waals surface area (Å²) in [6.07, 6.45) is -4.60. The van der Waals surface area contributed by atoms with Crippen molar-refractivity contribution in [3.63, 3.8) is 0 Å². The molecule has 5 nitrogen and oxygen atoms in total. The first-order valence-electron chi connectivity index (χ1n) is 6.91. The summed E-state index contributed by atoms with van der Waals surface area (Å²) >= 11 is 8.93. The van der Waals surface area contributed by atoms with Crippen molar-refractivity contribution < 1.29 is 26.4 Å². The van der Waals surface area contributed by atoms with Crippen LogP contribution in [0.15, 0.2) is 51.8 Å². The zero-order valence-electron chi connectivity index (χ0n) is 12.8. The van der Waals surface area contributed by atoms with Crippen molar-refractivity contribution in [2.24, 2.45) is 0 Å². The van der Waals surface area contributed by atoms with E-state index in [-0.39, 0.29) is 15.6 Å². The van der Waals surface area contributed by atoms with Crippen LogP contribution >= 0.6 is 27.5 Å². The van der Waals surface area contributed by atoms with Crippen LogP contribution in [0, 0.1) is 0 Å². The minimum Gasteiger partial charge on any atom is -0.324 e. The first kappa shape index (κ1) is 20.7. The quantitative estimate of drug-likeness (QED) is 0.691. The van der Waals surface area contributed by atoms with Gasteiger partial charge in [-0.2, -0.15) is 13.2 Å². The maximum absolute atomic E-state index is 12.7. The molecule has 0 bridgehead atoms. The van der Waals surface area contributed by atoms with E-state index < -0.39 is 34.2 Å². The van der Waals surface area contributed by atoms with E-state index in [1.54, 1.807) is 0 Å². The van der Waals surface area contributed by atoms with Crippen LogP contribution in [0.3, 0.4) is 0 Å². The molecule has 2 N–H and O–H groups in total. The van der Waals surface area contributed by atoms with Crippen molar-refractivity contribution >= 4 is 49.1 Å². The van der Waals surface area contributed by atoms with Crippen LogP contribution in [0.2, 0.25) is 5.02 Å². The van der Waals surface area contributed by atoms with Gasteiger partial charge in [-0.3, -0.25) is 4.79 Å². The Bertz CT molecular complexity index is 919. The lowest BCUT2D eigenvalue weighted by molar-refractivity contribution is -0.137. The fourth-order valence-corrected chi connectivity index (χ4v) is 3.26. The molecule has 0 saturated carbocycles. The van der Waals surface area contributed by atoms with Gasteiger partial charge in [0.05, 0.1) is 27.7 Å². The molecular formula is C15H11BrClF3N2O3S. The molecule has 140 valence electrons. The van der Waals surface area contributed by atoms with Gasteiger partial charge >= 0.3 is 6.18 Å². The number of halogens is 5. The number of amides is 1. The topological polar surface area (TPSA) is 75.3 Å². The number of alkyl halides is 3. The number of rotatable bonds is 5. The third-order valence-corrected chi connectivity index (χ3v) is 5.39. The van der Waals surface area contributed by atoms with Crippen molar-refractivity contribution in [1.29, 1.82) is 0 Å². The monoisotopic (exact) mass is 470 g/mol. The molecule has 2 aromatic carbocycles. The number of carbonyl (C=O) groups excluding carboxylic acids is 1. The Balaban J connectivity index is 2.06. The number of benzene rings is 2. The Hall–Kier alpha value is -1.62. The zero-order chi connectivity index (χ0) is 19.5. The van der Waals surface area contributed by atoms with Crippen LogP contribution < -0.4 is 10.0 Å². The fourth-order valence-electron chi connectivity index (χ4n) is 1.85. The summed E-state index contributed by atoms with van der Waals surface area (Å²) in [5.74, 6) is -0.869. The van der Waals surface area contributed by atoms with Gasteiger partial charge < -0.3 is 5.32 Å². The van der Waals surface area contributed by atoms with Crippen molar-refractivity contribution in [2.45, 2.75) is 11.1 Å². The first-order valence-corrected chi connectivity index (χ1v) is 9.56. The largest absolute Gasteiger partial charge is 0.416 e. The summed E-state index contributed by atoms with van der Waals surface area (Å²) in [5.41, 5.74) is -1.26. The highest BCUT2D eigenvalue weighted by molar-refractivity contribution is 9.10. The number of nitrogens with one attached hydrogen (secondary N) is 2. The van der Waals surface area contributed by atoms with Gasteiger partial charge in [0.25, 0.3) is 0 Å². The minimum atomic E-state index is -4.60. The number of hydrogen-bond donors (Lipinski definition) is 2. The Kier molecular flexibility index (Phi) is 6.33. The molecule has 0 aliphatic heterocycles. The van der Waals surface area contributed by atoms with E-state index in [4.69, 9.17) is 11.6 Å². The molecule has 0 saturated heterocycles. The molecule has 0 spiro atoms. The van der Waals surface area contributed by atoms with E-state index in [2.05, 4.69) is 26.0 Å². The lowest BCUT2D eigenvalue weighted by Crippen LogP contribution is -2.33. The lowest BCUT2D eigenvalue weighted by atomic mass is 10.2. The molecule has 0 heterocycles. The highest BCUT2D eigenvalue weighted by Gasteiger charge is 2.31. The molecule has 11 heteroatoms. The van der Waals surface area contributed by atoms with E-state index >= 15 is 0 Å². The van der Waals surface area contributed by atoms with Gasteiger partial charge in [0.2, 0.25) is 15.9 Å². The summed E-state index contributed by atoms with van der Waals surface area (Å²) < 4.78 is 65.0. The third kappa shape index (κ3) is 5.44. The van der Waals surface area contributed by atoms with E-state index in [1.807, 2.05) is 0 Å². The molecule has 1 amide bonds. The molecule has 0 aliphatic rings. The predicted molar refractivity (Wildman–Crippen MR) is 94.4 cm³/mol. The van der Waals surface area contributed by atoms with Crippen molar-refractivity contribution in [3.8, 4) is 0 Å². The minimum absolute atomic E-state index is 0.0643. The summed E-state index contributed by atoms with van der Waals surface area (Å²) in [6.45, 7) is -0.676. The highest BCUT2D eigenvalue weighted by atomic mass is 79.9. The van der Waals surface area contributed by atoms with Gasteiger partial charge in [-0.05, 0) is 42.5 Å². The van der Waals surface area contributed by atoms with E-state index in [0.717, 1.165) is 12.1 Å². The molecule has 0 aliphatic carbocycles. The maximum Gasteiger partial charge on any atom is 0.416 e. The highest BCUT2D eigenvalue weighted by Crippen LogP contribution is 2.33. The third-order valence-electron chi connectivity index (χ3n) is 3.11. The summed E-state index contributed by atoms with van der Waals surface area (Å²) in [6, 6.07) is 8.11. The number of anilines is 1. The van der Waals surface area contributed by atoms with Crippen LogP contribution in [0.4, 0.5) is 18.9 Å². The Labute approximate surface area is 160 Å². The fraction of sp³-hybridized carbons (Fsp3) is 0.133. The smallest absolute Gasteiger partial charge is 0.324 e. The Morgan fingerprint density at radius 3 is 2.31 bits per heavy atom. The average molecular weight is 472 g/mol. The Morgan fingerprint density at radius 1 is 1.12 bits per heavy atom. The molecule has 0 aromatic heterocycles. The second kappa shape index (κ2) is 7.95. The van der Waals surface area contributed by atoms with Gasteiger partial charge in [0.15, 0.2) is 0 Å². The normalized spacial score (nSPS) is 12.0. The molecule has 26 heavy (non-hydrogen) atoms. The molecule has 0 unspecified atom stereocenters. The average Bonchev–Trinajstić information content (AvgIpc) is 2.54. The van der Waals surface area contributed by atoms with Gasteiger partial charge in [0.1, 0.15) is 0 Å². The van der Waals surface area contributed by atoms with Gasteiger partial charge in [0, 0.05) is 4.47 Å². The van der Waals surface area contributed by atoms with Crippen LogP contribution in [-0.2, 0) is 21.0 Å². The number of hydrogen-bond acceptors (Lipinski definition) is 3. The number of sulfonamides is 1. The lowest BCUT2D eigenvalue weighted by Gasteiger charge is -2.12. The second-order valence-electron chi connectivity index (χ2n) is 5.02. The van der Waals surface area contributed by atoms with Crippen LogP contribution in [0.5, 0.6) is 0 Å². The molecule has 0 fully saturated rings. The standard InChI is InChI=1S/C15H11BrClF3N2O3S/c16-10-2-4-11(5-3-10)26(24,25)21-8-14(23)22-13-7-9(15(18,19)20)1-6-12(13)17/h1-7,21H,8H2,(H,22,23). The maximum atomic E-state index is 12.7. The van der Waals surface area contributed by atoms with Crippen LogP contribution in [-0.4, -0.2) is 20.9 Å². The first-order chi connectivity index (χ1) is 12.0. The van der Waals surface area contributed by atoms with Gasteiger partial charge in [-0.15, -0.1) is 0 Å². The van der Waals surface area contributed by atoms with E-state index in [9.17, 15) is 26.4 Å². The second-order valence-corrected chi connectivity index (χ2v) is 8.11. The summed E-state index contributed by atoms with van der Waals surface area (Å²) in [7, 11) is -3.95. The molecule has 2 aromatic rings. The van der Waals surface area contributed by atoms with E-state index in [1.165, 1.54) is 24.3 Å². The zero-order valence-corrected chi connectivity index (χ0v) is 15.9. The summed E-state index contributed by atoms with van der Waals surface area (Å²) in [5, 5.41) is 2.04. The predicted octanol–water partition coefficient (Wildman–Crippen LogP) is 4.04. The molecular weight excluding hydrogens is 461 g/mol. The van der Waals surface area contributed by atoms with E-state index in [0.29, 0.717) is 10.5 Å². The Morgan fingerprint density at radius 2 is 1.73 bits per heavy atom. The van der Waals surface area contributed by atoms with Crippen LogP contribution in [0.1, 0.15) is 5.56 Å². The van der Waals surface area contributed by atoms with Crippen LogP contribution in [0.25, 0.3) is 0 Å². The van der Waals surface area contributed by atoms with Gasteiger partial charge in [-0.25, -0.2) is 13.1 Å². The molecule has 0 atom stereocenters. The van der Waals surface area contributed by atoms with Crippen molar-refractivity contribution in [2.75, 3.05) is 11.9 Å². The molecule has 2 rings (SSSR count). The number of carbonyl (C=O) groups is 1. The van der Waals surface area contributed by atoms with Gasteiger partial charge in [-0.1, -0.05) is 27.5 Å².